The minimum Gasteiger partial charge on any atom is -0.491 e. The Hall–Kier alpha value is -2.60. The first-order chi connectivity index (χ1) is 13.6. The number of nitrogens with zero attached hydrogens (tertiary/aromatic N) is 1. The Morgan fingerprint density at radius 3 is 2.43 bits per heavy atom. The summed E-state index contributed by atoms with van der Waals surface area (Å²) in [6.07, 6.45) is 3.40. The summed E-state index contributed by atoms with van der Waals surface area (Å²) >= 11 is 5.38. The lowest BCUT2D eigenvalue weighted by Gasteiger charge is -2.26. The van der Waals surface area contributed by atoms with E-state index in [2.05, 4.69) is 10.6 Å². The molecule has 0 radical (unpaired) electrons. The van der Waals surface area contributed by atoms with Gasteiger partial charge in [-0.1, -0.05) is 18.2 Å². The molecule has 1 aliphatic heterocycles. The molecule has 0 spiro atoms. The van der Waals surface area contributed by atoms with Gasteiger partial charge in [-0.15, -0.1) is 0 Å². The third kappa shape index (κ3) is 5.96. The molecule has 5 nitrogen and oxygen atoms in total. The van der Waals surface area contributed by atoms with E-state index in [1.54, 1.807) is 0 Å². The molecular weight excluding hydrogens is 370 g/mol. The molecule has 6 heteroatoms. The minimum absolute atomic E-state index is 0.0557. The van der Waals surface area contributed by atoms with E-state index in [-0.39, 0.29) is 11.9 Å². The summed E-state index contributed by atoms with van der Waals surface area (Å²) < 4.78 is 5.73. The predicted molar refractivity (Wildman–Crippen MR) is 117 cm³/mol. The molecule has 148 valence electrons. The summed E-state index contributed by atoms with van der Waals surface area (Å²) in [6.45, 7) is 4.23. The van der Waals surface area contributed by atoms with Crippen LogP contribution in [0.3, 0.4) is 0 Å². The zero-order chi connectivity index (χ0) is 19.8. The molecule has 0 aliphatic carbocycles. The van der Waals surface area contributed by atoms with E-state index in [0.717, 1.165) is 42.9 Å². The number of rotatable bonds is 6. The van der Waals surface area contributed by atoms with Crippen LogP contribution in [0.1, 0.15) is 36.5 Å². The third-order valence-electron chi connectivity index (χ3n) is 4.65. The van der Waals surface area contributed by atoms with Gasteiger partial charge in [-0.3, -0.25) is 4.79 Å². The molecular formula is C22H27N3O2S. The maximum Gasteiger partial charge on any atom is 0.253 e. The summed E-state index contributed by atoms with van der Waals surface area (Å²) in [4.78, 5) is 14.5. The topological polar surface area (TPSA) is 53.6 Å². The van der Waals surface area contributed by atoms with Crippen LogP contribution >= 0.6 is 12.2 Å². The molecule has 2 aromatic carbocycles. The smallest absolute Gasteiger partial charge is 0.253 e. The number of benzene rings is 2. The van der Waals surface area contributed by atoms with Crippen molar-refractivity contribution in [3.8, 4) is 5.75 Å². The normalized spacial score (nSPS) is 14.8. The van der Waals surface area contributed by atoms with E-state index in [1.807, 2.05) is 66.4 Å². The van der Waals surface area contributed by atoms with E-state index < -0.39 is 0 Å². The largest absolute Gasteiger partial charge is 0.491 e. The number of hydrogen-bond acceptors (Lipinski definition) is 3. The van der Waals surface area contributed by atoms with Crippen LogP contribution in [-0.4, -0.2) is 41.7 Å². The number of anilines is 1. The maximum absolute atomic E-state index is 12.5. The van der Waals surface area contributed by atoms with Gasteiger partial charge in [0.25, 0.3) is 5.91 Å². The Bertz CT molecular complexity index is 774. The number of thiocarbonyl (C=S) groups is 1. The first kappa shape index (κ1) is 20.1. The first-order valence-electron chi connectivity index (χ1n) is 9.76. The number of likely N-dealkylation sites (tertiary alicyclic amines) is 1. The van der Waals surface area contributed by atoms with E-state index in [9.17, 15) is 4.79 Å². The zero-order valence-corrected chi connectivity index (χ0v) is 17.0. The van der Waals surface area contributed by atoms with Crippen LogP contribution in [-0.2, 0) is 0 Å². The SMILES string of the molecule is C[C@@H](COc1ccccc1)NC(=S)Nc1ccc(C(=O)N2CCCCC2)cc1. The van der Waals surface area contributed by atoms with Gasteiger partial charge >= 0.3 is 0 Å². The van der Waals surface area contributed by atoms with Crippen molar-refractivity contribution in [3.63, 3.8) is 0 Å². The first-order valence-corrected chi connectivity index (χ1v) is 10.2. The summed E-state index contributed by atoms with van der Waals surface area (Å²) in [5, 5.41) is 6.89. The van der Waals surface area contributed by atoms with E-state index in [4.69, 9.17) is 17.0 Å². The molecule has 1 atom stereocenters. The van der Waals surface area contributed by atoms with Gasteiger partial charge in [0.05, 0.1) is 6.04 Å². The lowest BCUT2D eigenvalue weighted by atomic mass is 10.1. The molecule has 1 aliphatic rings. The van der Waals surface area contributed by atoms with Crippen molar-refractivity contribution >= 4 is 28.9 Å². The van der Waals surface area contributed by atoms with E-state index in [0.29, 0.717) is 11.7 Å². The Kier molecular flexibility index (Phi) is 7.25. The van der Waals surface area contributed by atoms with Crippen molar-refractivity contribution in [2.24, 2.45) is 0 Å². The second kappa shape index (κ2) is 10.1. The van der Waals surface area contributed by atoms with Gasteiger partial charge in [0, 0.05) is 24.3 Å². The Morgan fingerprint density at radius 2 is 1.75 bits per heavy atom. The summed E-state index contributed by atoms with van der Waals surface area (Å²) in [6, 6.07) is 17.2. The van der Waals surface area contributed by atoms with Gasteiger partial charge in [0.15, 0.2) is 5.11 Å². The highest BCUT2D eigenvalue weighted by Gasteiger charge is 2.17. The zero-order valence-electron chi connectivity index (χ0n) is 16.2. The van der Waals surface area contributed by atoms with Gasteiger partial charge in [-0.25, -0.2) is 0 Å². The fraction of sp³-hybridized carbons (Fsp3) is 0.364. The molecule has 0 unspecified atom stereocenters. The average molecular weight is 398 g/mol. The van der Waals surface area contributed by atoms with E-state index >= 15 is 0 Å². The highest BCUT2D eigenvalue weighted by molar-refractivity contribution is 7.80. The number of piperidine rings is 1. The highest BCUT2D eigenvalue weighted by Crippen LogP contribution is 2.15. The summed E-state index contributed by atoms with van der Waals surface area (Å²) in [5.41, 5.74) is 1.57. The van der Waals surface area contributed by atoms with Crippen molar-refractivity contribution in [1.29, 1.82) is 0 Å². The molecule has 0 bridgehead atoms. The molecule has 0 aromatic heterocycles. The van der Waals surface area contributed by atoms with Crippen molar-refractivity contribution in [2.45, 2.75) is 32.2 Å². The molecule has 2 N–H and O–H groups in total. The average Bonchev–Trinajstić information content (AvgIpc) is 2.73. The van der Waals surface area contributed by atoms with E-state index in [1.165, 1.54) is 6.42 Å². The maximum atomic E-state index is 12.5. The van der Waals surface area contributed by atoms with Crippen LogP contribution in [0.2, 0.25) is 0 Å². The number of hydrogen-bond donors (Lipinski definition) is 2. The van der Waals surface area contributed by atoms with Crippen LogP contribution in [0, 0.1) is 0 Å². The van der Waals surface area contributed by atoms with Crippen LogP contribution in [0.4, 0.5) is 5.69 Å². The lowest BCUT2D eigenvalue weighted by Crippen LogP contribution is -2.39. The van der Waals surface area contributed by atoms with Gasteiger partial charge in [-0.05, 0) is 74.8 Å². The van der Waals surface area contributed by atoms with Gasteiger partial charge in [0.2, 0.25) is 0 Å². The van der Waals surface area contributed by atoms with Crippen molar-refractivity contribution in [2.75, 3.05) is 25.0 Å². The van der Waals surface area contributed by atoms with Gasteiger partial charge in [0.1, 0.15) is 12.4 Å². The van der Waals surface area contributed by atoms with Crippen LogP contribution in [0.5, 0.6) is 5.75 Å². The Labute approximate surface area is 172 Å². The predicted octanol–water partition coefficient (Wildman–Crippen LogP) is 4.07. The molecule has 0 saturated carbocycles. The third-order valence-corrected chi connectivity index (χ3v) is 4.87. The monoisotopic (exact) mass is 397 g/mol. The number of carbonyl (C=O) groups is 1. The van der Waals surface area contributed by atoms with Crippen LogP contribution in [0.25, 0.3) is 0 Å². The Balaban J connectivity index is 1.45. The molecule has 1 saturated heterocycles. The molecule has 1 fully saturated rings. The summed E-state index contributed by atoms with van der Waals surface area (Å²) in [7, 11) is 0. The fourth-order valence-electron chi connectivity index (χ4n) is 3.15. The molecule has 28 heavy (non-hydrogen) atoms. The van der Waals surface area contributed by atoms with Crippen LogP contribution < -0.4 is 15.4 Å². The lowest BCUT2D eigenvalue weighted by molar-refractivity contribution is 0.0724. The number of nitrogens with one attached hydrogen (secondary N) is 2. The van der Waals surface area contributed by atoms with Crippen molar-refractivity contribution < 1.29 is 9.53 Å². The van der Waals surface area contributed by atoms with Crippen LogP contribution in [0.15, 0.2) is 54.6 Å². The molecule has 1 amide bonds. The van der Waals surface area contributed by atoms with Gasteiger partial charge in [-0.2, -0.15) is 0 Å². The number of para-hydroxylation sites is 1. The molecule has 2 aromatic rings. The highest BCUT2D eigenvalue weighted by atomic mass is 32.1. The van der Waals surface area contributed by atoms with Crippen molar-refractivity contribution in [1.82, 2.24) is 10.2 Å². The number of ether oxygens (including phenoxy) is 1. The molecule has 1 heterocycles. The van der Waals surface area contributed by atoms with Gasteiger partial charge < -0.3 is 20.3 Å². The fourth-order valence-corrected chi connectivity index (χ4v) is 3.47. The number of carbonyl (C=O) groups excluding carboxylic acids is 1. The Morgan fingerprint density at radius 1 is 1.07 bits per heavy atom. The quantitative estimate of drug-likeness (QED) is 0.720. The molecule has 3 rings (SSSR count). The summed E-state index contributed by atoms with van der Waals surface area (Å²) in [5.74, 6) is 0.947. The minimum atomic E-state index is 0.0557. The number of amides is 1. The standard InChI is InChI=1S/C22H27N3O2S/c1-17(16-27-20-8-4-2-5-9-20)23-22(28)24-19-12-10-18(11-13-19)21(26)25-14-6-3-7-15-25/h2,4-5,8-13,17H,3,6-7,14-16H2,1H3,(H2,23,24,28)/t17-/m0/s1. The second-order valence-corrected chi connectivity index (χ2v) is 7.46. The second-order valence-electron chi connectivity index (χ2n) is 7.05. The van der Waals surface area contributed by atoms with Crippen molar-refractivity contribution in [3.05, 3.63) is 60.2 Å².